The van der Waals surface area contributed by atoms with E-state index in [4.69, 9.17) is 11.6 Å². The molecule has 0 aromatic rings. The lowest BCUT2D eigenvalue weighted by atomic mass is 10.6. The van der Waals surface area contributed by atoms with E-state index in [1.54, 1.807) is 6.92 Å². The van der Waals surface area contributed by atoms with Crippen LogP contribution in [0.1, 0.15) is 20.3 Å². The predicted molar refractivity (Wildman–Crippen MR) is 44.3 cm³/mol. The molecule has 0 aliphatic rings. The Bertz CT molecular complexity index is 172. The second-order valence-corrected chi connectivity index (χ2v) is 5.37. The number of alkyl halides is 1. The van der Waals surface area contributed by atoms with Crippen molar-refractivity contribution < 1.29 is 8.42 Å². The van der Waals surface area contributed by atoms with E-state index in [-0.39, 0.29) is 16.9 Å². The Morgan fingerprint density at radius 2 is 2.00 bits per heavy atom. The number of sulfone groups is 1. The number of halogens is 1. The summed E-state index contributed by atoms with van der Waals surface area (Å²) in [6, 6.07) is 0. The van der Waals surface area contributed by atoms with Gasteiger partial charge >= 0.3 is 0 Å². The minimum atomic E-state index is -2.86. The topological polar surface area (TPSA) is 34.1 Å². The lowest BCUT2D eigenvalue weighted by Crippen LogP contribution is -2.16. The van der Waals surface area contributed by atoms with Crippen LogP contribution in [0.5, 0.6) is 0 Å². The SMILES string of the molecule is CCCS(=O)(=O)CC(C)Cl. The molecule has 4 heteroatoms. The van der Waals surface area contributed by atoms with E-state index in [1.807, 2.05) is 6.92 Å². The van der Waals surface area contributed by atoms with Crippen LogP contribution < -0.4 is 0 Å². The first-order valence-electron chi connectivity index (χ1n) is 3.32. The fraction of sp³-hybridized carbons (Fsp3) is 1.00. The number of hydrogen-bond acceptors (Lipinski definition) is 2. The van der Waals surface area contributed by atoms with Gasteiger partial charge in [0.05, 0.1) is 5.75 Å². The van der Waals surface area contributed by atoms with Crippen LogP contribution >= 0.6 is 11.6 Å². The minimum absolute atomic E-state index is 0.0996. The van der Waals surface area contributed by atoms with Gasteiger partial charge in [-0.2, -0.15) is 0 Å². The molecule has 62 valence electrons. The molecule has 0 saturated carbocycles. The maximum atomic E-state index is 11.0. The van der Waals surface area contributed by atoms with Gasteiger partial charge in [-0.15, -0.1) is 11.6 Å². The fourth-order valence-corrected chi connectivity index (χ4v) is 2.81. The Morgan fingerprint density at radius 1 is 1.50 bits per heavy atom. The van der Waals surface area contributed by atoms with E-state index in [0.29, 0.717) is 6.42 Å². The van der Waals surface area contributed by atoms with Gasteiger partial charge in [-0.25, -0.2) is 8.42 Å². The van der Waals surface area contributed by atoms with Crippen molar-refractivity contribution in [2.75, 3.05) is 11.5 Å². The zero-order valence-electron chi connectivity index (χ0n) is 6.30. The summed E-state index contributed by atoms with van der Waals surface area (Å²) in [5, 5.41) is -0.267. The van der Waals surface area contributed by atoms with Gasteiger partial charge in [0.2, 0.25) is 0 Å². The lowest BCUT2D eigenvalue weighted by molar-refractivity contribution is 0.593. The van der Waals surface area contributed by atoms with E-state index in [0.717, 1.165) is 0 Å². The molecule has 0 aliphatic carbocycles. The maximum Gasteiger partial charge on any atom is 0.151 e. The summed E-state index contributed by atoms with van der Waals surface area (Å²) in [5.74, 6) is 0.354. The van der Waals surface area contributed by atoms with Crippen LogP contribution in [0.3, 0.4) is 0 Å². The summed E-state index contributed by atoms with van der Waals surface area (Å²) in [6.45, 7) is 3.53. The Morgan fingerprint density at radius 3 is 2.30 bits per heavy atom. The van der Waals surface area contributed by atoms with Gasteiger partial charge in [-0.1, -0.05) is 6.92 Å². The predicted octanol–water partition coefficient (Wildman–Crippen LogP) is 1.44. The molecule has 0 amide bonds. The highest BCUT2D eigenvalue weighted by Gasteiger charge is 2.11. The average Bonchev–Trinajstić information content (AvgIpc) is 1.59. The smallest absolute Gasteiger partial charge is 0.151 e. The third-order valence-corrected chi connectivity index (χ3v) is 3.37. The van der Waals surface area contributed by atoms with E-state index in [9.17, 15) is 8.42 Å². The highest BCUT2D eigenvalue weighted by molar-refractivity contribution is 7.91. The summed E-state index contributed by atoms with van der Waals surface area (Å²) < 4.78 is 21.9. The second-order valence-electron chi connectivity index (χ2n) is 2.40. The molecule has 2 nitrogen and oxygen atoms in total. The molecular formula is C6H13ClO2S. The molecule has 0 heterocycles. The van der Waals surface area contributed by atoms with Crippen molar-refractivity contribution in [3.63, 3.8) is 0 Å². The third kappa shape index (κ3) is 5.06. The molecule has 0 N–H and O–H groups in total. The molecule has 0 fully saturated rings. The van der Waals surface area contributed by atoms with Crippen molar-refractivity contribution >= 4 is 21.4 Å². The van der Waals surface area contributed by atoms with E-state index < -0.39 is 9.84 Å². The molecule has 1 unspecified atom stereocenters. The van der Waals surface area contributed by atoms with Crippen LogP contribution in [0.2, 0.25) is 0 Å². The largest absolute Gasteiger partial charge is 0.229 e. The van der Waals surface area contributed by atoms with Crippen molar-refractivity contribution in [2.24, 2.45) is 0 Å². The zero-order valence-corrected chi connectivity index (χ0v) is 7.87. The van der Waals surface area contributed by atoms with Crippen molar-refractivity contribution in [3.05, 3.63) is 0 Å². The van der Waals surface area contributed by atoms with Crippen LogP contribution in [0.4, 0.5) is 0 Å². The van der Waals surface area contributed by atoms with Crippen LogP contribution in [0.25, 0.3) is 0 Å². The fourth-order valence-electron chi connectivity index (χ4n) is 0.744. The van der Waals surface area contributed by atoms with Crippen LogP contribution in [0, 0.1) is 0 Å². The average molecular weight is 185 g/mol. The molecule has 0 aromatic carbocycles. The highest BCUT2D eigenvalue weighted by atomic mass is 35.5. The van der Waals surface area contributed by atoms with Gasteiger partial charge < -0.3 is 0 Å². The molecule has 0 rings (SSSR count). The normalized spacial score (nSPS) is 15.1. The highest BCUT2D eigenvalue weighted by Crippen LogP contribution is 2.01. The molecule has 0 radical (unpaired) electrons. The maximum absolute atomic E-state index is 11.0. The number of hydrogen-bond donors (Lipinski definition) is 0. The van der Waals surface area contributed by atoms with Gasteiger partial charge in [0, 0.05) is 11.1 Å². The first-order chi connectivity index (χ1) is 4.48. The van der Waals surface area contributed by atoms with Gasteiger partial charge in [0.25, 0.3) is 0 Å². The second kappa shape index (κ2) is 4.19. The summed E-state index contributed by atoms with van der Waals surface area (Å²) >= 11 is 5.52. The molecule has 0 bridgehead atoms. The quantitative estimate of drug-likeness (QED) is 0.620. The van der Waals surface area contributed by atoms with Crippen molar-refractivity contribution in [3.8, 4) is 0 Å². The summed E-state index contributed by atoms with van der Waals surface area (Å²) in [5.41, 5.74) is 0. The van der Waals surface area contributed by atoms with Crippen LogP contribution in [-0.4, -0.2) is 25.3 Å². The Balaban J connectivity index is 3.89. The van der Waals surface area contributed by atoms with Crippen LogP contribution in [-0.2, 0) is 9.84 Å². The lowest BCUT2D eigenvalue weighted by Gasteiger charge is -2.02. The van der Waals surface area contributed by atoms with E-state index in [1.165, 1.54) is 0 Å². The first kappa shape index (κ1) is 10.2. The van der Waals surface area contributed by atoms with Crippen molar-refractivity contribution in [1.82, 2.24) is 0 Å². The van der Waals surface area contributed by atoms with Crippen molar-refractivity contribution in [2.45, 2.75) is 25.6 Å². The van der Waals surface area contributed by atoms with Crippen molar-refractivity contribution in [1.29, 1.82) is 0 Å². The Hall–Kier alpha value is 0.240. The molecular weight excluding hydrogens is 172 g/mol. The van der Waals surface area contributed by atoms with E-state index in [2.05, 4.69) is 0 Å². The molecule has 1 atom stereocenters. The summed E-state index contributed by atoms with van der Waals surface area (Å²) in [6.07, 6.45) is 0.673. The van der Waals surface area contributed by atoms with Gasteiger partial charge in [-0.3, -0.25) is 0 Å². The molecule has 0 spiro atoms. The number of rotatable bonds is 4. The third-order valence-electron chi connectivity index (χ3n) is 0.999. The molecule has 10 heavy (non-hydrogen) atoms. The first-order valence-corrected chi connectivity index (χ1v) is 5.58. The van der Waals surface area contributed by atoms with Crippen LogP contribution in [0.15, 0.2) is 0 Å². The van der Waals surface area contributed by atoms with E-state index >= 15 is 0 Å². The standard InChI is InChI=1S/C6H13ClO2S/c1-3-4-10(8,9)5-6(2)7/h6H,3-5H2,1-2H3. The Labute approximate surface area is 67.5 Å². The summed E-state index contributed by atoms with van der Waals surface area (Å²) in [4.78, 5) is 0. The zero-order chi connectivity index (χ0) is 8.20. The van der Waals surface area contributed by atoms with Gasteiger partial charge in [0.1, 0.15) is 0 Å². The van der Waals surface area contributed by atoms with Gasteiger partial charge in [0.15, 0.2) is 9.84 Å². The minimum Gasteiger partial charge on any atom is -0.229 e. The Kier molecular flexibility index (Phi) is 4.29. The van der Waals surface area contributed by atoms with Gasteiger partial charge in [-0.05, 0) is 13.3 Å². The monoisotopic (exact) mass is 184 g/mol. The molecule has 0 aromatic heterocycles. The molecule has 0 saturated heterocycles. The summed E-state index contributed by atoms with van der Waals surface area (Å²) in [7, 11) is -2.86. The molecule has 0 aliphatic heterocycles.